The van der Waals surface area contributed by atoms with Crippen LogP contribution < -0.4 is 4.90 Å². The zero-order valence-electron chi connectivity index (χ0n) is 10.2. The van der Waals surface area contributed by atoms with Crippen molar-refractivity contribution < 1.29 is 8.42 Å². The normalized spacial score (nSPS) is 18.4. The molecule has 0 saturated heterocycles. The van der Waals surface area contributed by atoms with E-state index in [9.17, 15) is 8.42 Å². The number of nitrogens with zero attached hydrogens (tertiary/aromatic N) is 2. The SMILES string of the molecule is CCC(CS)CN1C=NS(=O)(=O)c2ccccc21. The van der Waals surface area contributed by atoms with Crippen molar-refractivity contribution in [2.75, 3.05) is 17.2 Å². The first-order valence-corrected chi connectivity index (χ1v) is 7.92. The molecule has 1 aliphatic heterocycles. The lowest BCUT2D eigenvalue weighted by Crippen LogP contribution is -2.32. The van der Waals surface area contributed by atoms with Gasteiger partial charge in [-0.1, -0.05) is 25.5 Å². The van der Waals surface area contributed by atoms with Crippen molar-refractivity contribution in [1.29, 1.82) is 0 Å². The molecule has 1 aromatic rings. The number of hydrogen-bond donors (Lipinski definition) is 1. The highest BCUT2D eigenvalue weighted by molar-refractivity contribution is 7.90. The third kappa shape index (κ3) is 2.54. The predicted molar refractivity (Wildman–Crippen MR) is 77.1 cm³/mol. The van der Waals surface area contributed by atoms with Crippen LogP contribution >= 0.6 is 12.6 Å². The van der Waals surface area contributed by atoms with Crippen LogP contribution in [0, 0.1) is 5.92 Å². The van der Waals surface area contributed by atoms with Gasteiger partial charge < -0.3 is 4.90 Å². The molecule has 1 unspecified atom stereocenters. The topological polar surface area (TPSA) is 49.7 Å². The van der Waals surface area contributed by atoms with Gasteiger partial charge in [-0.25, -0.2) is 0 Å². The van der Waals surface area contributed by atoms with Crippen LogP contribution in [0.1, 0.15) is 13.3 Å². The number of hydrogen-bond acceptors (Lipinski definition) is 4. The van der Waals surface area contributed by atoms with Crippen LogP contribution in [0.15, 0.2) is 33.6 Å². The smallest absolute Gasteiger partial charge is 0.285 e. The highest BCUT2D eigenvalue weighted by atomic mass is 32.2. The minimum atomic E-state index is -3.52. The summed E-state index contributed by atoms with van der Waals surface area (Å²) < 4.78 is 27.3. The van der Waals surface area contributed by atoms with Gasteiger partial charge in [0.15, 0.2) is 0 Å². The maximum absolute atomic E-state index is 11.8. The molecule has 0 radical (unpaired) electrons. The van der Waals surface area contributed by atoms with Crippen LogP contribution in [0.25, 0.3) is 0 Å². The van der Waals surface area contributed by atoms with E-state index in [1.807, 2.05) is 17.0 Å². The van der Waals surface area contributed by atoms with E-state index in [2.05, 4.69) is 24.0 Å². The molecule has 18 heavy (non-hydrogen) atoms. The number of rotatable bonds is 4. The van der Waals surface area contributed by atoms with Crippen molar-refractivity contribution in [3.63, 3.8) is 0 Å². The second kappa shape index (κ2) is 5.32. The Bertz CT molecular complexity index is 551. The van der Waals surface area contributed by atoms with E-state index in [4.69, 9.17) is 0 Å². The molecule has 0 bridgehead atoms. The number of thiol groups is 1. The summed E-state index contributed by atoms with van der Waals surface area (Å²) in [5, 5.41) is 0. The van der Waals surface area contributed by atoms with E-state index in [0.717, 1.165) is 18.7 Å². The Balaban J connectivity index is 2.36. The summed E-state index contributed by atoms with van der Waals surface area (Å²) in [6.07, 6.45) is 2.41. The van der Waals surface area contributed by atoms with Crippen LogP contribution in [-0.2, 0) is 10.0 Å². The lowest BCUT2D eigenvalue weighted by atomic mass is 10.1. The molecule has 0 spiro atoms. The van der Waals surface area contributed by atoms with Crippen molar-refractivity contribution in [2.24, 2.45) is 10.3 Å². The molecule has 0 aromatic heterocycles. The number of benzene rings is 1. The number of para-hydroxylation sites is 1. The highest BCUT2D eigenvalue weighted by Crippen LogP contribution is 2.29. The Hall–Kier alpha value is -1.01. The summed E-state index contributed by atoms with van der Waals surface area (Å²) >= 11 is 4.31. The molecular formula is C12H16N2O2S2. The van der Waals surface area contributed by atoms with E-state index in [1.54, 1.807) is 12.1 Å². The minimum absolute atomic E-state index is 0.279. The number of anilines is 1. The summed E-state index contributed by atoms with van der Waals surface area (Å²) in [4.78, 5) is 2.17. The fourth-order valence-electron chi connectivity index (χ4n) is 1.89. The van der Waals surface area contributed by atoms with Gasteiger partial charge >= 0.3 is 0 Å². The molecule has 0 aliphatic carbocycles. The molecule has 6 heteroatoms. The molecule has 98 valence electrons. The molecule has 1 aliphatic rings. The van der Waals surface area contributed by atoms with Crippen molar-refractivity contribution in [2.45, 2.75) is 18.2 Å². The van der Waals surface area contributed by atoms with Gasteiger partial charge in [0, 0.05) is 6.54 Å². The largest absolute Gasteiger partial charge is 0.330 e. The molecule has 1 atom stereocenters. The summed E-state index contributed by atoms with van der Waals surface area (Å²) in [5.74, 6) is 1.18. The Morgan fingerprint density at radius 2 is 2.11 bits per heavy atom. The van der Waals surface area contributed by atoms with E-state index < -0.39 is 10.0 Å². The Labute approximate surface area is 113 Å². The zero-order chi connectivity index (χ0) is 13.2. The van der Waals surface area contributed by atoms with Gasteiger partial charge in [0.05, 0.1) is 5.69 Å². The molecular weight excluding hydrogens is 268 g/mol. The molecule has 0 saturated carbocycles. The monoisotopic (exact) mass is 284 g/mol. The maximum Gasteiger partial charge on any atom is 0.285 e. The second-order valence-electron chi connectivity index (χ2n) is 4.27. The average molecular weight is 284 g/mol. The first-order chi connectivity index (χ1) is 8.58. The third-order valence-corrected chi connectivity index (χ3v) is 4.86. The van der Waals surface area contributed by atoms with Crippen LogP contribution in [0.3, 0.4) is 0 Å². The van der Waals surface area contributed by atoms with Gasteiger partial charge in [0.1, 0.15) is 11.2 Å². The van der Waals surface area contributed by atoms with Crippen molar-refractivity contribution in [3.05, 3.63) is 24.3 Å². The van der Waals surface area contributed by atoms with E-state index >= 15 is 0 Å². The second-order valence-corrected chi connectivity index (χ2v) is 6.24. The number of sulfonamides is 1. The van der Waals surface area contributed by atoms with Gasteiger partial charge in [0.25, 0.3) is 10.0 Å². The molecule has 2 rings (SSSR count). The van der Waals surface area contributed by atoms with Crippen molar-refractivity contribution in [3.8, 4) is 0 Å². The Morgan fingerprint density at radius 1 is 1.39 bits per heavy atom. The highest BCUT2D eigenvalue weighted by Gasteiger charge is 2.25. The fraction of sp³-hybridized carbons (Fsp3) is 0.417. The Morgan fingerprint density at radius 3 is 2.78 bits per heavy atom. The van der Waals surface area contributed by atoms with Crippen LogP contribution in [0.2, 0.25) is 0 Å². The maximum atomic E-state index is 11.8. The third-order valence-electron chi connectivity index (χ3n) is 3.07. The quantitative estimate of drug-likeness (QED) is 0.862. The van der Waals surface area contributed by atoms with Gasteiger partial charge in [-0.05, 0) is 23.8 Å². The first-order valence-electron chi connectivity index (χ1n) is 5.85. The van der Waals surface area contributed by atoms with E-state index in [1.165, 1.54) is 6.34 Å². The first kappa shape index (κ1) is 13.4. The van der Waals surface area contributed by atoms with Gasteiger partial charge in [0.2, 0.25) is 0 Å². The minimum Gasteiger partial charge on any atom is -0.330 e. The van der Waals surface area contributed by atoms with Crippen molar-refractivity contribution in [1.82, 2.24) is 0 Å². The predicted octanol–water partition coefficient (Wildman–Crippen LogP) is 2.18. The Kier molecular flexibility index (Phi) is 3.97. The molecule has 1 aromatic carbocycles. The molecule has 1 heterocycles. The lowest BCUT2D eigenvalue weighted by molar-refractivity contribution is 0.578. The lowest BCUT2D eigenvalue weighted by Gasteiger charge is -2.28. The van der Waals surface area contributed by atoms with Gasteiger partial charge in [-0.2, -0.15) is 21.0 Å². The van der Waals surface area contributed by atoms with E-state index in [0.29, 0.717) is 11.6 Å². The summed E-state index contributed by atoms with van der Waals surface area (Å²) in [7, 11) is -3.52. The summed E-state index contributed by atoms with van der Waals surface area (Å²) in [6.45, 7) is 2.83. The fourth-order valence-corrected chi connectivity index (χ4v) is 3.32. The van der Waals surface area contributed by atoms with Gasteiger partial charge in [-0.15, -0.1) is 4.40 Å². The van der Waals surface area contributed by atoms with Crippen molar-refractivity contribution >= 4 is 34.7 Å². The van der Waals surface area contributed by atoms with Crippen LogP contribution in [-0.4, -0.2) is 27.1 Å². The van der Waals surface area contributed by atoms with Crippen LogP contribution in [0.5, 0.6) is 0 Å². The van der Waals surface area contributed by atoms with E-state index in [-0.39, 0.29) is 4.90 Å². The molecule has 0 amide bonds. The summed E-state index contributed by atoms with van der Waals surface area (Å²) in [5.41, 5.74) is 0.702. The van der Waals surface area contributed by atoms with Gasteiger partial charge in [-0.3, -0.25) is 0 Å². The zero-order valence-corrected chi connectivity index (χ0v) is 11.9. The standard InChI is InChI=1S/C12H16N2O2S2/c1-2-10(8-17)7-14-9-13-18(15,16)12-6-4-3-5-11(12)14/h3-6,9-10,17H,2,7-8H2,1H3. The molecule has 0 N–H and O–H groups in total. The number of fused-ring (bicyclic) bond motifs is 1. The molecule has 4 nitrogen and oxygen atoms in total. The average Bonchev–Trinajstić information content (AvgIpc) is 2.38. The van der Waals surface area contributed by atoms with Crippen LogP contribution in [0.4, 0.5) is 5.69 Å². The molecule has 0 fully saturated rings. The summed E-state index contributed by atoms with van der Waals surface area (Å²) in [6, 6.07) is 6.95.